The minimum Gasteiger partial charge on any atom is -0.463 e. The molecule has 1 aromatic rings. The Morgan fingerprint density at radius 3 is 2.44 bits per heavy atom. The lowest BCUT2D eigenvalue weighted by Gasteiger charge is -2.05. The predicted molar refractivity (Wildman–Crippen MR) is 71.3 cm³/mol. The van der Waals surface area contributed by atoms with Gasteiger partial charge in [-0.05, 0) is 17.7 Å². The van der Waals surface area contributed by atoms with Crippen LogP contribution in [0.15, 0.2) is 23.2 Å². The van der Waals surface area contributed by atoms with Gasteiger partial charge in [0.25, 0.3) is 6.02 Å². The van der Waals surface area contributed by atoms with Crippen LogP contribution in [0.3, 0.4) is 0 Å². The zero-order valence-corrected chi connectivity index (χ0v) is 11.2. The van der Waals surface area contributed by atoms with Gasteiger partial charge in [-0.2, -0.15) is 0 Å². The van der Waals surface area contributed by atoms with Gasteiger partial charge in [-0.25, -0.2) is 4.99 Å². The largest absolute Gasteiger partial charge is 0.463 e. The number of nitrogens with two attached hydrogens (primary N) is 1. The fraction of sp³-hybridized carbons (Fsp3) is 0.222. The van der Waals surface area contributed by atoms with Crippen molar-refractivity contribution in [3.8, 4) is 0 Å². The zero-order valence-electron chi connectivity index (χ0n) is 8.02. The fourth-order valence-electron chi connectivity index (χ4n) is 1.28. The number of hydrogen-bond acceptors (Lipinski definition) is 3. The van der Waals surface area contributed by atoms with Crippen LogP contribution in [0.4, 0.5) is 0 Å². The molecule has 1 aliphatic heterocycles. The average molecular weight is 304 g/mol. The minimum absolute atomic E-state index is 0. The van der Waals surface area contributed by atoms with E-state index in [-0.39, 0.29) is 36.9 Å². The maximum absolute atomic E-state index is 5.88. The molecule has 3 nitrogen and oxygen atoms in total. The van der Waals surface area contributed by atoms with Gasteiger partial charge < -0.3 is 10.5 Å². The molecule has 0 aromatic heterocycles. The van der Waals surface area contributed by atoms with Gasteiger partial charge in [0.2, 0.25) is 0 Å². The van der Waals surface area contributed by atoms with E-state index in [9.17, 15) is 0 Å². The Hall–Kier alpha value is -0.350. The van der Waals surface area contributed by atoms with Gasteiger partial charge in [0.05, 0.1) is 10.0 Å². The van der Waals surface area contributed by atoms with Crippen LogP contribution in [0.25, 0.3) is 0 Å². The van der Waals surface area contributed by atoms with E-state index in [2.05, 4.69) is 4.99 Å². The SMILES string of the molecule is Cl.Cl.NC1=N[C@@H](c2ccc(Cl)c(Cl)c2)CO1. The van der Waals surface area contributed by atoms with Crippen molar-refractivity contribution in [1.82, 2.24) is 0 Å². The standard InChI is InChI=1S/C9H8Cl2N2O.2ClH/c10-6-2-1-5(3-7(6)11)8-4-14-9(12)13-8;;/h1-3,8H,4H2,(H2,12,13);2*1H/t8-;;/m1../s1. The van der Waals surface area contributed by atoms with Crippen molar-refractivity contribution in [2.24, 2.45) is 10.7 Å². The zero-order chi connectivity index (χ0) is 10.1. The summed E-state index contributed by atoms with van der Waals surface area (Å²) >= 11 is 11.7. The highest BCUT2D eigenvalue weighted by Crippen LogP contribution is 2.28. The van der Waals surface area contributed by atoms with Crippen molar-refractivity contribution in [2.45, 2.75) is 6.04 Å². The maximum atomic E-state index is 5.88. The minimum atomic E-state index is -0.0650. The van der Waals surface area contributed by atoms with Crippen molar-refractivity contribution in [3.63, 3.8) is 0 Å². The lowest BCUT2D eigenvalue weighted by Crippen LogP contribution is -2.10. The van der Waals surface area contributed by atoms with Crippen LogP contribution in [0.5, 0.6) is 0 Å². The second-order valence-corrected chi connectivity index (χ2v) is 3.78. The van der Waals surface area contributed by atoms with E-state index >= 15 is 0 Å². The number of nitrogens with zero attached hydrogens (tertiary/aromatic N) is 1. The number of hydrogen-bond donors (Lipinski definition) is 1. The molecule has 0 unspecified atom stereocenters. The fourth-order valence-corrected chi connectivity index (χ4v) is 1.59. The van der Waals surface area contributed by atoms with E-state index in [4.69, 9.17) is 33.7 Å². The Kier molecular flexibility index (Phi) is 6.26. The Balaban J connectivity index is 0.00000112. The lowest BCUT2D eigenvalue weighted by molar-refractivity contribution is 0.315. The first-order chi connectivity index (χ1) is 6.66. The summed E-state index contributed by atoms with van der Waals surface area (Å²) in [5, 5.41) is 1.05. The summed E-state index contributed by atoms with van der Waals surface area (Å²) in [6, 6.07) is 5.54. The van der Waals surface area contributed by atoms with E-state index in [0.29, 0.717) is 16.7 Å². The normalized spacial score (nSPS) is 17.9. The van der Waals surface area contributed by atoms with Crippen molar-refractivity contribution >= 4 is 54.0 Å². The lowest BCUT2D eigenvalue weighted by atomic mass is 10.1. The topological polar surface area (TPSA) is 47.6 Å². The quantitative estimate of drug-likeness (QED) is 0.866. The molecule has 0 bridgehead atoms. The molecular formula is C9H10Cl4N2O. The molecule has 2 N–H and O–H groups in total. The van der Waals surface area contributed by atoms with Crippen LogP contribution < -0.4 is 5.73 Å². The summed E-state index contributed by atoms with van der Waals surface area (Å²) in [6.45, 7) is 0.462. The van der Waals surface area contributed by atoms with Gasteiger partial charge >= 0.3 is 0 Å². The van der Waals surface area contributed by atoms with E-state index in [1.54, 1.807) is 12.1 Å². The van der Waals surface area contributed by atoms with E-state index in [1.807, 2.05) is 6.07 Å². The van der Waals surface area contributed by atoms with Crippen molar-refractivity contribution in [1.29, 1.82) is 0 Å². The highest BCUT2D eigenvalue weighted by molar-refractivity contribution is 6.42. The average Bonchev–Trinajstić information content (AvgIpc) is 2.57. The Morgan fingerprint density at radius 1 is 1.25 bits per heavy atom. The molecule has 7 heteroatoms. The summed E-state index contributed by atoms with van der Waals surface area (Å²) in [5.74, 6) is 0. The molecule has 0 fully saturated rings. The second-order valence-electron chi connectivity index (χ2n) is 2.97. The number of rotatable bonds is 1. The van der Waals surface area contributed by atoms with E-state index in [1.165, 1.54) is 0 Å². The van der Waals surface area contributed by atoms with Crippen LogP contribution in [-0.2, 0) is 4.74 Å². The van der Waals surface area contributed by atoms with Crippen LogP contribution >= 0.6 is 48.0 Å². The van der Waals surface area contributed by atoms with Gasteiger partial charge in [0, 0.05) is 0 Å². The van der Waals surface area contributed by atoms with Crippen LogP contribution in [0.1, 0.15) is 11.6 Å². The third-order valence-corrected chi connectivity index (χ3v) is 2.74. The first-order valence-corrected chi connectivity index (χ1v) is 4.83. The number of benzene rings is 1. The molecule has 0 saturated carbocycles. The summed E-state index contributed by atoms with van der Waals surface area (Å²) in [6.07, 6.45) is 0. The third kappa shape index (κ3) is 3.32. The number of aliphatic imine (C=N–C) groups is 1. The van der Waals surface area contributed by atoms with Crippen LogP contribution in [0.2, 0.25) is 10.0 Å². The van der Waals surface area contributed by atoms with Crippen molar-refractivity contribution < 1.29 is 4.74 Å². The predicted octanol–water partition coefficient (Wildman–Crippen LogP) is 3.22. The number of amidine groups is 1. The summed E-state index contributed by atoms with van der Waals surface area (Å²) in [7, 11) is 0. The second kappa shape index (κ2) is 6.40. The Labute approximate surface area is 116 Å². The molecular weight excluding hydrogens is 294 g/mol. The molecule has 90 valence electrons. The summed E-state index contributed by atoms with van der Waals surface area (Å²) in [4.78, 5) is 4.10. The molecule has 0 amide bonds. The first-order valence-electron chi connectivity index (χ1n) is 4.08. The molecule has 0 aliphatic carbocycles. The van der Waals surface area contributed by atoms with Crippen molar-refractivity contribution in [2.75, 3.05) is 6.61 Å². The molecule has 0 saturated heterocycles. The summed E-state index contributed by atoms with van der Waals surface area (Å²) < 4.78 is 5.04. The van der Waals surface area contributed by atoms with Crippen LogP contribution in [-0.4, -0.2) is 12.6 Å². The van der Waals surface area contributed by atoms with Crippen molar-refractivity contribution in [3.05, 3.63) is 33.8 Å². The van der Waals surface area contributed by atoms with Gasteiger partial charge in [0.1, 0.15) is 12.6 Å². The smallest absolute Gasteiger partial charge is 0.282 e. The van der Waals surface area contributed by atoms with Gasteiger partial charge in [0.15, 0.2) is 0 Å². The number of ether oxygens (including phenoxy) is 1. The molecule has 1 heterocycles. The third-order valence-electron chi connectivity index (χ3n) is 2.00. The molecule has 1 aromatic carbocycles. The molecule has 1 aliphatic rings. The van der Waals surface area contributed by atoms with E-state index in [0.717, 1.165) is 5.56 Å². The molecule has 2 rings (SSSR count). The molecule has 0 radical (unpaired) electrons. The maximum Gasteiger partial charge on any atom is 0.282 e. The molecule has 1 atom stereocenters. The monoisotopic (exact) mass is 302 g/mol. The molecule has 16 heavy (non-hydrogen) atoms. The molecule has 0 spiro atoms. The van der Waals surface area contributed by atoms with Gasteiger partial charge in [-0.15, -0.1) is 24.8 Å². The Morgan fingerprint density at radius 2 is 1.94 bits per heavy atom. The van der Waals surface area contributed by atoms with Crippen LogP contribution in [0, 0.1) is 0 Å². The van der Waals surface area contributed by atoms with Gasteiger partial charge in [-0.1, -0.05) is 29.3 Å². The highest BCUT2D eigenvalue weighted by atomic mass is 35.5. The van der Waals surface area contributed by atoms with Gasteiger partial charge in [-0.3, -0.25) is 0 Å². The Bertz CT molecular complexity index is 397. The first kappa shape index (κ1) is 15.7. The summed E-state index contributed by atoms with van der Waals surface area (Å²) in [5.41, 5.74) is 6.36. The number of halogens is 4. The highest BCUT2D eigenvalue weighted by Gasteiger charge is 2.19. The van der Waals surface area contributed by atoms with E-state index < -0.39 is 0 Å².